The van der Waals surface area contributed by atoms with Crippen LogP contribution in [0.1, 0.15) is 18.2 Å². The van der Waals surface area contributed by atoms with Gasteiger partial charge in [-0.25, -0.2) is 4.68 Å². The summed E-state index contributed by atoms with van der Waals surface area (Å²) in [6.45, 7) is 6.64. The van der Waals surface area contributed by atoms with Crippen LogP contribution in [0.15, 0.2) is 35.4 Å². The van der Waals surface area contributed by atoms with Gasteiger partial charge in [0, 0.05) is 25.8 Å². The van der Waals surface area contributed by atoms with Crippen molar-refractivity contribution in [1.29, 1.82) is 0 Å². The Morgan fingerprint density at radius 1 is 1.29 bits per heavy atom. The Morgan fingerprint density at radius 2 is 2.05 bits per heavy atom. The van der Waals surface area contributed by atoms with Crippen LogP contribution in [0.5, 0.6) is 0 Å². The second kappa shape index (κ2) is 8.22. The largest absolute Gasteiger partial charge is 0.383 e. The van der Waals surface area contributed by atoms with Crippen molar-refractivity contribution in [2.45, 2.75) is 25.4 Å². The van der Waals surface area contributed by atoms with E-state index in [0.717, 1.165) is 36.8 Å². The number of benzene rings is 1. The highest BCUT2D eigenvalue weighted by Gasteiger charge is 2.15. The first kappa shape index (κ1) is 16.1. The minimum atomic E-state index is 0.724. The van der Waals surface area contributed by atoms with Gasteiger partial charge in [0.1, 0.15) is 5.03 Å². The van der Waals surface area contributed by atoms with E-state index in [1.54, 1.807) is 7.11 Å². The average Bonchev–Trinajstić information content (AvgIpc) is 2.82. The number of hydrogen-bond acceptors (Lipinski definition) is 4. The molecule has 0 atom stereocenters. The van der Waals surface area contributed by atoms with E-state index in [4.69, 9.17) is 9.84 Å². The van der Waals surface area contributed by atoms with Crippen molar-refractivity contribution in [2.24, 2.45) is 0 Å². The predicted molar refractivity (Wildman–Crippen MR) is 88.3 cm³/mol. The van der Waals surface area contributed by atoms with E-state index >= 15 is 0 Å². The molecular formula is C16H23N3OS. The lowest BCUT2D eigenvalue weighted by atomic mass is 10.2. The number of thioether (sulfide) groups is 1. The summed E-state index contributed by atoms with van der Waals surface area (Å²) in [6.07, 6.45) is 0. The molecule has 0 aliphatic carbocycles. The number of methoxy groups -OCH3 is 1. The third-order valence-corrected chi connectivity index (χ3v) is 4.19. The molecule has 0 fully saturated rings. The van der Waals surface area contributed by atoms with Gasteiger partial charge in [0.05, 0.1) is 18.0 Å². The lowest BCUT2D eigenvalue weighted by molar-refractivity contribution is 0.199. The zero-order chi connectivity index (χ0) is 15.1. The lowest BCUT2D eigenvalue weighted by Gasteiger charge is -2.09. The van der Waals surface area contributed by atoms with Crippen LogP contribution in [0.25, 0.3) is 5.69 Å². The van der Waals surface area contributed by atoms with Crippen LogP contribution in [0.3, 0.4) is 0 Å². The van der Waals surface area contributed by atoms with Crippen molar-refractivity contribution in [3.05, 3.63) is 41.6 Å². The van der Waals surface area contributed by atoms with Crippen LogP contribution < -0.4 is 5.32 Å². The molecule has 1 aromatic carbocycles. The number of rotatable bonds is 8. The number of para-hydroxylation sites is 1. The summed E-state index contributed by atoms with van der Waals surface area (Å²) in [5.41, 5.74) is 3.47. The third kappa shape index (κ3) is 4.09. The maximum atomic E-state index is 5.07. The van der Waals surface area contributed by atoms with Gasteiger partial charge in [0.15, 0.2) is 0 Å². The first-order valence-electron chi connectivity index (χ1n) is 7.24. The normalized spacial score (nSPS) is 11.0. The van der Waals surface area contributed by atoms with Crippen LogP contribution >= 0.6 is 11.8 Å². The summed E-state index contributed by atoms with van der Waals surface area (Å²) in [5, 5.41) is 9.37. The molecule has 4 nitrogen and oxygen atoms in total. The molecule has 0 saturated heterocycles. The number of aromatic nitrogens is 2. The highest BCUT2D eigenvalue weighted by atomic mass is 32.2. The van der Waals surface area contributed by atoms with Crippen molar-refractivity contribution < 1.29 is 4.74 Å². The fourth-order valence-corrected chi connectivity index (χ4v) is 3.09. The molecule has 2 aromatic rings. The van der Waals surface area contributed by atoms with Crippen molar-refractivity contribution in [2.75, 3.05) is 26.0 Å². The van der Waals surface area contributed by atoms with Gasteiger partial charge in [-0.15, -0.1) is 11.8 Å². The second-order valence-corrected chi connectivity index (χ2v) is 5.97. The Hall–Kier alpha value is -1.30. The van der Waals surface area contributed by atoms with Crippen LogP contribution in [-0.4, -0.2) is 35.8 Å². The molecule has 0 spiro atoms. The van der Waals surface area contributed by atoms with Crippen molar-refractivity contribution in [3.63, 3.8) is 0 Å². The highest BCUT2D eigenvalue weighted by Crippen LogP contribution is 2.28. The first-order valence-corrected chi connectivity index (χ1v) is 8.22. The van der Waals surface area contributed by atoms with Gasteiger partial charge in [-0.1, -0.05) is 25.1 Å². The fourth-order valence-electron chi connectivity index (χ4n) is 2.16. The van der Waals surface area contributed by atoms with Crippen molar-refractivity contribution in [3.8, 4) is 5.69 Å². The van der Waals surface area contributed by atoms with Crippen LogP contribution in [0.2, 0.25) is 0 Å². The van der Waals surface area contributed by atoms with Gasteiger partial charge in [-0.3, -0.25) is 0 Å². The van der Waals surface area contributed by atoms with Gasteiger partial charge >= 0.3 is 0 Å². The summed E-state index contributed by atoms with van der Waals surface area (Å²) >= 11 is 1.84. The highest BCUT2D eigenvalue weighted by molar-refractivity contribution is 7.99. The summed E-state index contributed by atoms with van der Waals surface area (Å²) in [7, 11) is 1.72. The first-order chi connectivity index (χ1) is 10.3. The number of nitrogens with zero attached hydrogens (tertiary/aromatic N) is 2. The Morgan fingerprint density at radius 3 is 2.71 bits per heavy atom. The molecule has 0 radical (unpaired) electrons. The fraction of sp³-hybridized carbons (Fsp3) is 0.438. The van der Waals surface area contributed by atoms with E-state index in [-0.39, 0.29) is 0 Å². The van der Waals surface area contributed by atoms with Gasteiger partial charge < -0.3 is 10.1 Å². The SMILES string of the molecule is CCSc1c(CNCCOC)c(C)nn1-c1ccccc1. The molecule has 1 heterocycles. The van der Waals surface area contributed by atoms with Gasteiger partial charge in [0.2, 0.25) is 0 Å². The summed E-state index contributed by atoms with van der Waals surface area (Å²) in [5.74, 6) is 1.03. The molecular weight excluding hydrogens is 282 g/mol. The summed E-state index contributed by atoms with van der Waals surface area (Å²) in [6, 6.07) is 10.3. The molecule has 5 heteroatoms. The van der Waals surface area contributed by atoms with E-state index in [2.05, 4.69) is 36.0 Å². The summed E-state index contributed by atoms with van der Waals surface area (Å²) in [4.78, 5) is 0. The topological polar surface area (TPSA) is 39.1 Å². The monoisotopic (exact) mass is 305 g/mol. The Balaban J connectivity index is 2.26. The second-order valence-electron chi connectivity index (χ2n) is 4.72. The van der Waals surface area contributed by atoms with Gasteiger partial charge in [-0.05, 0) is 24.8 Å². The zero-order valence-electron chi connectivity index (χ0n) is 12.9. The molecule has 0 bridgehead atoms. The van der Waals surface area contributed by atoms with Crippen molar-refractivity contribution >= 4 is 11.8 Å². The van der Waals surface area contributed by atoms with E-state index in [9.17, 15) is 0 Å². The summed E-state index contributed by atoms with van der Waals surface area (Å²) < 4.78 is 7.13. The van der Waals surface area contributed by atoms with Crippen LogP contribution in [0, 0.1) is 6.92 Å². The Kier molecular flexibility index (Phi) is 6.29. The standard InChI is InChI=1S/C16H23N3OS/c1-4-21-16-15(12-17-10-11-20-3)13(2)18-19(16)14-8-6-5-7-9-14/h5-9,17H,4,10-12H2,1-3H3. The van der Waals surface area contributed by atoms with Gasteiger partial charge in [-0.2, -0.15) is 5.10 Å². The zero-order valence-corrected chi connectivity index (χ0v) is 13.7. The minimum Gasteiger partial charge on any atom is -0.383 e. The number of ether oxygens (including phenoxy) is 1. The lowest BCUT2D eigenvalue weighted by Crippen LogP contribution is -2.19. The molecule has 0 aliphatic heterocycles. The molecule has 21 heavy (non-hydrogen) atoms. The molecule has 114 valence electrons. The number of aryl methyl sites for hydroxylation is 1. The minimum absolute atomic E-state index is 0.724. The maximum Gasteiger partial charge on any atom is 0.105 e. The molecule has 0 unspecified atom stereocenters. The molecule has 0 saturated carbocycles. The number of nitrogens with one attached hydrogen (secondary N) is 1. The number of hydrogen-bond donors (Lipinski definition) is 1. The Bertz CT molecular complexity index is 554. The quantitative estimate of drug-likeness (QED) is 0.601. The molecule has 0 amide bonds. The molecule has 1 aromatic heterocycles. The molecule has 0 aliphatic rings. The third-order valence-electron chi connectivity index (χ3n) is 3.20. The van der Waals surface area contributed by atoms with E-state index < -0.39 is 0 Å². The van der Waals surface area contributed by atoms with Crippen molar-refractivity contribution in [1.82, 2.24) is 15.1 Å². The maximum absolute atomic E-state index is 5.07. The van der Waals surface area contributed by atoms with Crippen LogP contribution in [-0.2, 0) is 11.3 Å². The predicted octanol–water partition coefficient (Wildman–Crippen LogP) is 3.03. The molecule has 1 N–H and O–H groups in total. The van der Waals surface area contributed by atoms with Crippen LogP contribution in [0.4, 0.5) is 0 Å². The van der Waals surface area contributed by atoms with E-state index in [1.165, 1.54) is 10.6 Å². The van der Waals surface area contributed by atoms with Gasteiger partial charge in [0.25, 0.3) is 0 Å². The smallest absolute Gasteiger partial charge is 0.105 e. The average molecular weight is 305 g/mol. The Labute approximate surface area is 130 Å². The van der Waals surface area contributed by atoms with E-state index in [1.807, 2.05) is 30.0 Å². The molecule has 2 rings (SSSR count). The van der Waals surface area contributed by atoms with E-state index in [0.29, 0.717) is 0 Å².